The fourth-order valence-corrected chi connectivity index (χ4v) is 3.47. The Labute approximate surface area is 119 Å². The molecule has 0 bridgehead atoms. The van der Waals surface area contributed by atoms with Gasteiger partial charge in [0.2, 0.25) is 20.0 Å². The molecule has 1 rings (SSSR count). The van der Waals surface area contributed by atoms with Gasteiger partial charge in [0.05, 0.1) is 11.4 Å². The van der Waals surface area contributed by atoms with Gasteiger partial charge < -0.3 is 5.73 Å². The van der Waals surface area contributed by atoms with E-state index < -0.39 is 20.0 Å². The highest BCUT2D eigenvalue weighted by atomic mass is 32.2. The molecule has 20 heavy (non-hydrogen) atoms. The van der Waals surface area contributed by atoms with Gasteiger partial charge >= 0.3 is 0 Å². The molecule has 0 atom stereocenters. The highest BCUT2D eigenvalue weighted by molar-refractivity contribution is 7.90. The summed E-state index contributed by atoms with van der Waals surface area (Å²) in [4.78, 5) is -0.0394. The number of rotatable bonds is 6. The number of benzene rings is 1. The second kappa shape index (κ2) is 6.08. The first-order valence-corrected chi connectivity index (χ1v) is 9.00. The summed E-state index contributed by atoms with van der Waals surface area (Å²) < 4.78 is 50.9. The molecule has 0 aromatic heterocycles. The summed E-state index contributed by atoms with van der Waals surface area (Å²) >= 11 is 0. The van der Waals surface area contributed by atoms with Gasteiger partial charge in [-0.25, -0.2) is 26.3 Å². The Balaban J connectivity index is 2.93. The van der Waals surface area contributed by atoms with E-state index in [1.807, 2.05) is 6.92 Å². The highest BCUT2D eigenvalue weighted by Gasteiger charge is 2.19. The maximum atomic E-state index is 12.1. The lowest BCUT2D eigenvalue weighted by molar-refractivity contribution is 0.579. The number of aryl methyl sites for hydroxylation is 2. The molecule has 0 unspecified atom stereocenters. The third-order valence-corrected chi connectivity index (χ3v) is 5.77. The second-order valence-electron chi connectivity index (χ2n) is 4.40. The molecule has 0 saturated carbocycles. The molecule has 0 saturated heterocycles. The fraction of sp³-hybridized carbons (Fsp3) is 0.455. The van der Waals surface area contributed by atoms with Crippen LogP contribution in [0.15, 0.2) is 17.0 Å². The summed E-state index contributed by atoms with van der Waals surface area (Å²) in [5, 5.41) is 0. The molecule has 0 fully saturated rings. The van der Waals surface area contributed by atoms with E-state index in [0.29, 0.717) is 0 Å². The van der Waals surface area contributed by atoms with Crippen LogP contribution in [-0.2, 0) is 20.0 Å². The maximum Gasteiger partial charge on any atom is 0.242 e. The molecule has 1 aromatic rings. The van der Waals surface area contributed by atoms with Crippen molar-refractivity contribution in [2.24, 2.45) is 0 Å². The number of hydrogen-bond donors (Lipinski definition) is 3. The molecule has 0 aliphatic heterocycles. The molecule has 0 aliphatic carbocycles. The van der Waals surface area contributed by atoms with Crippen molar-refractivity contribution < 1.29 is 16.8 Å². The van der Waals surface area contributed by atoms with Crippen LogP contribution in [0.5, 0.6) is 0 Å². The van der Waals surface area contributed by atoms with Gasteiger partial charge in [-0.2, -0.15) is 0 Å². The largest absolute Gasteiger partial charge is 0.398 e. The number of anilines is 1. The number of nitrogens with two attached hydrogens (primary N) is 1. The topological polar surface area (TPSA) is 118 Å². The molecule has 0 radical (unpaired) electrons. The first-order valence-electron chi connectivity index (χ1n) is 5.86. The zero-order valence-corrected chi connectivity index (χ0v) is 13.2. The van der Waals surface area contributed by atoms with Crippen molar-refractivity contribution in [2.75, 3.05) is 25.1 Å². The fourth-order valence-electron chi connectivity index (χ4n) is 1.53. The van der Waals surface area contributed by atoms with E-state index in [1.54, 1.807) is 13.0 Å². The van der Waals surface area contributed by atoms with E-state index in [9.17, 15) is 16.8 Å². The summed E-state index contributed by atoms with van der Waals surface area (Å²) in [6, 6.07) is 3.05. The minimum atomic E-state index is -3.83. The Morgan fingerprint density at radius 3 is 2.20 bits per heavy atom. The van der Waals surface area contributed by atoms with Crippen LogP contribution in [0.2, 0.25) is 0 Å². The van der Waals surface area contributed by atoms with Gasteiger partial charge in [-0.3, -0.25) is 0 Å². The monoisotopic (exact) mass is 321 g/mol. The van der Waals surface area contributed by atoms with Crippen molar-refractivity contribution in [3.05, 3.63) is 23.3 Å². The van der Waals surface area contributed by atoms with Crippen molar-refractivity contribution in [1.82, 2.24) is 9.44 Å². The number of nitrogen functional groups attached to an aromatic ring is 1. The van der Waals surface area contributed by atoms with Crippen LogP contribution in [0.1, 0.15) is 11.1 Å². The van der Waals surface area contributed by atoms with Crippen molar-refractivity contribution in [3.63, 3.8) is 0 Å². The van der Waals surface area contributed by atoms with E-state index in [0.717, 1.165) is 11.1 Å². The van der Waals surface area contributed by atoms with Crippen molar-refractivity contribution in [2.45, 2.75) is 18.7 Å². The van der Waals surface area contributed by atoms with Gasteiger partial charge in [0.15, 0.2) is 0 Å². The van der Waals surface area contributed by atoms with Gasteiger partial charge in [0.25, 0.3) is 0 Å². The Morgan fingerprint density at radius 1 is 1.10 bits per heavy atom. The van der Waals surface area contributed by atoms with E-state index >= 15 is 0 Å². The lowest BCUT2D eigenvalue weighted by Gasteiger charge is -2.11. The molecule has 4 N–H and O–H groups in total. The molecular weight excluding hydrogens is 302 g/mol. The third-order valence-electron chi connectivity index (χ3n) is 2.89. The molecule has 9 heteroatoms. The summed E-state index contributed by atoms with van der Waals surface area (Å²) in [5.74, 6) is -0.340. The maximum absolute atomic E-state index is 12.1. The normalized spacial score (nSPS) is 12.6. The van der Waals surface area contributed by atoms with Crippen molar-refractivity contribution in [3.8, 4) is 0 Å². The van der Waals surface area contributed by atoms with Gasteiger partial charge in [-0.15, -0.1) is 0 Å². The summed E-state index contributed by atoms with van der Waals surface area (Å²) in [6.07, 6.45) is 0. The van der Waals surface area contributed by atoms with Crippen LogP contribution in [0.4, 0.5) is 5.69 Å². The second-order valence-corrected chi connectivity index (χ2v) is 8.18. The van der Waals surface area contributed by atoms with Gasteiger partial charge in [0.1, 0.15) is 4.90 Å². The summed E-state index contributed by atoms with van der Waals surface area (Å²) in [5.41, 5.74) is 7.53. The van der Waals surface area contributed by atoms with Crippen molar-refractivity contribution in [1.29, 1.82) is 0 Å². The number of hydrogen-bond acceptors (Lipinski definition) is 5. The number of sulfonamides is 2. The molecule has 114 valence electrons. The van der Waals surface area contributed by atoms with Crippen LogP contribution >= 0.6 is 0 Å². The zero-order valence-electron chi connectivity index (χ0n) is 11.6. The zero-order chi connectivity index (χ0) is 15.6. The van der Waals surface area contributed by atoms with E-state index in [-0.39, 0.29) is 22.9 Å². The van der Waals surface area contributed by atoms with Crippen LogP contribution in [0.25, 0.3) is 0 Å². The van der Waals surface area contributed by atoms with Crippen LogP contribution in [-0.4, -0.2) is 36.2 Å². The Morgan fingerprint density at radius 2 is 1.65 bits per heavy atom. The Bertz CT molecular complexity index is 697. The SMILES string of the molecule is CNS(=O)(=O)CCNS(=O)(=O)c1cc(C)c(C)cc1N. The third kappa shape index (κ3) is 4.17. The number of nitrogens with one attached hydrogen (secondary N) is 2. The molecule has 7 nitrogen and oxygen atoms in total. The standard InChI is InChI=1S/C11H19N3O4S2/c1-8-6-10(12)11(7-9(8)2)20(17,18)14-4-5-19(15,16)13-3/h6-7,13-14H,4-5,12H2,1-3H3. The minimum absolute atomic E-state index is 0.0394. The molecule has 0 heterocycles. The smallest absolute Gasteiger partial charge is 0.242 e. The average Bonchev–Trinajstić information content (AvgIpc) is 2.33. The van der Waals surface area contributed by atoms with Crippen LogP contribution < -0.4 is 15.2 Å². The lowest BCUT2D eigenvalue weighted by Crippen LogP contribution is -2.33. The average molecular weight is 321 g/mol. The molecule has 0 spiro atoms. The Kier molecular flexibility index (Phi) is 5.14. The van der Waals surface area contributed by atoms with Gasteiger partial charge in [-0.1, -0.05) is 0 Å². The molecular formula is C11H19N3O4S2. The predicted molar refractivity (Wildman–Crippen MR) is 78.4 cm³/mol. The van der Waals surface area contributed by atoms with Crippen LogP contribution in [0.3, 0.4) is 0 Å². The molecule has 0 aliphatic rings. The van der Waals surface area contributed by atoms with E-state index in [1.165, 1.54) is 13.1 Å². The molecule has 1 aromatic carbocycles. The quantitative estimate of drug-likeness (QED) is 0.622. The first kappa shape index (κ1) is 16.9. The highest BCUT2D eigenvalue weighted by Crippen LogP contribution is 2.22. The predicted octanol–water partition coefficient (Wildman–Crippen LogP) is -0.287. The van der Waals surface area contributed by atoms with Crippen LogP contribution in [0, 0.1) is 13.8 Å². The van der Waals surface area contributed by atoms with Crippen molar-refractivity contribution >= 4 is 25.7 Å². The first-order chi connectivity index (χ1) is 9.09. The summed E-state index contributed by atoms with van der Waals surface area (Å²) in [6.45, 7) is 3.38. The molecule has 0 amide bonds. The summed E-state index contributed by atoms with van der Waals surface area (Å²) in [7, 11) is -6.02. The lowest BCUT2D eigenvalue weighted by atomic mass is 10.1. The van der Waals surface area contributed by atoms with E-state index in [4.69, 9.17) is 5.73 Å². The minimum Gasteiger partial charge on any atom is -0.398 e. The van der Waals surface area contributed by atoms with E-state index in [2.05, 4.69) is 9.44 Å². The van der Waals surface area contributed by atoms with Gasteiger partial charge in [0, 0.05) is 6.54 Å². The van der Waals surface area contributed by atoms with Gasteiger partial charge in [-0.05, 0) is 44.2 Å². The Hall–Kier alpha value is -1.16.